The molecule has 2 N–H and O–H groups in total. The van der Waals surface area contributed by atoms with Gasteiger partial charge >= 0.3 is 0 Å². The minimum atomic E-state index is 0.553. The van der Waals surface area contributed by atoms with Crippen LogP contribution in [0.15, 0.2) is 5.16 Å². The number of rotatable bonds is 6. The molecule has 0 bridgehead atoms. The third-order valence-electron chi connectivity index (χ3n) is 3.90. The molecule has 1 heterocycles. The molecular formula is C15H25N3OS. The fraction of sp³-hybridized carbons (Fsp3) is 0.733. The normalized spacial score (nSPS) is 21.9. The van der Waals surface area contributed by atoms with Crippen molar-refractivity contribution in [1.82, 2.24) is 10.2 Å². The Labute approximate surface area is 125 Å². The first-order chi connectivity index (χ1) is 9.69. The van der Waals surface area contributed by atoms with Crippen LogP contribution in [0.25, 0.3) is 0 Å². The summed E-state index contributed by atoms with van der Waals surface area (Å²) in [7, 11) is 0. The molecule has 1 aromatic heterocycles. The highest BCUT2D eigenvalue weighted by Crippen LogP contribution is 2.32. The lowest BCUT2D eigenvalue weighted by Gasteiger charge is -2.25. The molecule has 5 heteroatoms. The molecule has 2 atom stereocenters. The number of oxime groups is 1. The van der Waals surface area contributed by atoms with E-state index in [9.17, 15) is 5.21 Å². The number of thioether (sulfide) groups is 1. The zero-order chi connectivity index (χ0) is 14.5. The predicted molar refractivity (Wildman–Crippen MR) is 84.9 cm³/mol. The maximum absolute atomic E-state index is 9.35. The van der Waals surface area contributed by atoms with E-state index in [1.165, 1.54) is 6.42 Å². The summed E-state index contributed by atoms with van der Waals surface area (Å²) in [4.78, 5) is 0. The fourth-order valence-electron chi connectivity index (χ4n) is 3.14. The molecule has 0 fully saturated rings. The van der Waals surface area contributed by atoms with Crippen LogP contribution >= 0.6 is 11.8 Å². The Bertz CT molecular complexity index is 470. The SMILES string of the molecule is CCCc1n[nH]c2c1/C(=N/O)C[C@@H](C[C@@H](C)SCC)C2. The van der Waals surface area contributed by atoms with Crippen LogP contribution in [-0.4, -0.2) is 32.1 Å². The number of nitrogens with zero attached hydrogens (tertiary/aromatic N) is 2. The average Bonchev–Trinajstić information content (AvgIpc) is 2.82. The van der Waals surface area contributed by atoms with Crippen molar-refractivity contribution in [3.63, 3.8) is 0 Å². The second-order valence-electron chi connectivity index (χ2n) is 5.60. The number of hydrogen-bond donors (Lipinski definition) is 2. The first-order valence-electron chi connectivity index (χ1n) is 7.58. The summed E-state index contributed by atoms with van der Waals surface area (Å²) in [6.45, 7) is 6.63. The van der Waals surface area contributed by atoms with Gasteiger partial charge < -0.3 is 5.21 Å². The monoisotopic (exact) mass is 295 g/mol. The Morgan fingerprint density at radius 2 is 2.25 bits per heavy atom. The Balaban J connectivity index is 2.14. The van der Waals surface area contributed by atoms with E-state index < -0.39 is 0 Å². The van der Waals surface area contributed by atoms with E-state index in [1.54, 1.807) is 0 Å². The van der Waals surface area contributed by atoms with Gasteiger partial charge in [0.1, 0.15) is 0 Å². The molecule has 1 aliphatic rings. The minimum Gasteiger partial charge on any atom is -0.411 e. The van der Waals surface area contributed by atoms with Crippen molar-refractivity contribution >= 4 is 17.5 Å². The summed E-state index contributed by atoms with van der Waals surface area (Å²) in [5.41, 5.74) is 4.12. The van der Waals surface area contributed by atoms with Crippen molar-refractivity contribution in [2.75, 3.05) is 5.75 Å². The number of nitrogens with one attached hydrogen (secondary N) is 1. The molecule has 20 heavy (non-hydrogen) atoms. The van der Waals surface area contributed by atoms with Gasteiger partial charge in [-0.25, -0.2) is 0 Å². The number of H-pyrrole nitrogens is 1. The van der Waals surface area contributed by atoms with E-state index in [0.717, 1.165) is 54.1 Å². The first-order valence-corrected chi connectivity index (χ1v) is 8.63. The van der Waals surface area contributed by atoms with Crippen LogP contribution in [0.2, 0.25) is 0 Å². The quantitative estimate of drug-likeness (QED) is 0.622. The number of aromatic nitrogens is 2. The van der Waals surface area contributed by atoms with Crippen molar-refractivity contribution in [3.8, 4) is 0 Å². The van der Waals surface area contributed by atoms with E-state index in [4.69, 9.17) is 0 Å². The molecule has 0 radical (unpaired) electrons. The third kappa shape index (κ3) is 3.37. The Morgan fingerprint density at radius 3 is 2.90 bits per heavy atom. The van der Waals surface area contributed by atoms with E-state index >= 15 is 0 Å². The highest BCUT2D eigenvalue weighted by atomic mass is 32.2. The van der Waals surface area contributed by atoms with E-state index in [1.807, 2.05) is 11.8 Å². The van der Waals surface area contributed by atoms with Crippen molar-refractivity contribution in [3.05, 3.63) is 17.0 Å². The molecule has 0 saturated carbocycles. The van der Waals surface area contributed by atoms with Crippen LogP contribution in [0.4, 0.5) is 0 Å². The number of hydrogen-bond acceptors (Lipinski definition) is 4. The Hall–Kier alpha value is -0.970. The van der Waals surface area contributed by atoms with Crippen LogP contribution in [0.5, 0.6) is 0 Å². The van der Waals surface area contributed by atoms with Gasteiger partial charge in [0.25, 0.3) is 0 Å². The lowest BCUT2D eigenvalue weighted by Crippen LogP contribution is -2.23. The topological polar surface area (TPSA) is 61.3 Å². The van der Waals surface area contributed by atoms with Crippen LogP contribution < -0.4 is 0 Å². The molecule has 1 aromatic rings. The molecule has 0 spiro atoms. The highest BCUT2D eigenvalue weighted by molar-refractivity contribution is 7.99. The lowest BCUT2D eigenvalue weighted by molar-refractivity contribution is 0.314. The Morgan fingerprint density at radius 1 is 1.45 bits per heavy atom. The lowest BCUT2D eigenvalue weighted by atomic mass is 9.82. The molecule has 0 amide bonds. The summed E-state index contributed by atoms with van der Waals surface area (Å²) >= 11 is 2.00. The largest absolute Gasteiger partial charge is 0.411 e. The highest BCUT2D eigenvalue weighted by Gasteiger charge is 2.29. The molecule has 1 aliphatic carbocycles. The van der Waals surface area contributed by atoms with Gasteiger partial charge in [0.15, 0.2) is 0 Å². The third-order valence-corrected chi connectivity index (χ3v) is 5.00. The molecule has 4 nitrogen and oxygen atoms in total. The van der Waals surface area contributed by atoms with Crippen molar-refractivity contribution in [1.29, 1.82) is 0 Å². The van der Waals surface area contributed by atoms with Gasteiger partial charge in [-0.3, -0.25) is 5.10 Å². The summed E-state index contributed by atoms with van der Waals surface area (Å²) < 4.78 is 0. The van der Waals surface area contributed by atoms with Gasteiger partial charge in [-0.1, -0.05) is 32.3 Å². The molecular weight excluding hydrogens is 270 g/mol. The van der Waals surface area contributed by atoms with Crippen LogP contribution in [0, 0.1) is 5.92 Å². The van der Waals surface area contributed by atoms with E-state index in [0.29, 0.717) is 11.2 Å². The molecule has 0 saturated heterocycles. The number of aryl methyl sites for hydroxylation is 1. The number of fused-ring (bicyclic) bond motifs is 1. The van der Waals surface area contributed by atoms with Gasteiger partial charge in [-0.05, 0) is 37.4 Å². The zero-order valence-electron chi connectivity index (χ0n) is 12.6. The summed E-state index contributed by atoms with van der Waals surface area (Å²) in [5.74, 6) is 1.71. The van der Waals surface area contributed by atoms with Gasteiger partial charge in [0.05, 0.1) is 11.4 Å². The van der Waals surface area contributed by atoms with Crippen molar-refractivity contribution in [2.24, 2.45) is 11.1 Å². The predicted octanol–water partition coefficient (Wildman–Crippen LogP) is 3.63. The van der Waals surface area contributed by atoms with Gasteiger partial charge in [0, 0.05) is 16.5 Å². The van der Waals surface area contributed by atoms with Crippen molar-refractivity contribution < 1.29 is 5.21 Å². The molecule has 0 aromatic carbocycles. The molecule has 2 rings (SSSR count). The molecule has 0 unspecified atom stereocenters. The average molecular weight is 295 g/mol. The first kappa shape index (κ1) is 15.4. The summed E-state index contributed by atoms with van der Waals surface area (Å²) in [6, 6.07) is 0. The molecule has 0 aliphatic heterocycles. The smallest absolute Gasteiger partial charge is 0.0907 e. The molecule has 112 valence electrons. The fourth-order valence-corrected chi connectivity index (χ4v) is 4.12. The van der Waals surface area contributed by atoms with Gasteiger partial charge in [-0.2, -0.15) is 16.9 Å². The van der Waals surface area contributed by atoms with Crippen LogP contribution in [-0.2, 0) is 12.8 Å². The Kier molecular flexibility index (Phi) is 5.52. The minimum absolute atomic E-state index is 0.553. The number of aromatic amines is 1. The van der Waals surface area contributed by atoms with Gasteiger partial charge in [0.2, 0.25) is 0 Å². The zero-order valence-corrected chi connectivity index (χ0v) is 13.5. The second kappa shape index (κ2) is 7.16. The van der Waals surface area contributed by atoms with Crippen LogP contribution in [0.1, 0.15) is 57.0 Å². The second-order valence-corrected chi connectivity index (χ2v) is 7.31. The maximum Gasteiger partial charge on any atom is 0.0907 e. The van der Waals surface area contributed by atoms with Crippen molar-refractivity contribution in [2.45, 2.75) is 58.1 Å². The standard InChI is InChI=1S/C15H25N3OS/c1-4-6-12-15-13(17-16-12)8-11(9-14(15)18-19)7-10(3)20-5-2/h10-11,19H,4-9H2,1-3H3,(H,16,17)/b18-14+/t10-,11+/m1/s1. The van der Waals surface area contributed by atoms with E-state index in [2.05, 4.69) is 36.1 Å². The summed E-state index contributed by atoms with van der Waals surface area (Å²) in [5, 5.41) is 21.1. The van der Waals surface area contributed by atoms with Crippen LogP contribution in [0.3, 0.4) is 0 Å². The van der Waals surface area contributed by atoms with E-state index in [-0.39, 0.29) is 0 Å². The van der Waals surface area contributed by atoms with Gasteiger partial charge in [-0.15, -0.1) is 0 Å². The maximum atomic E-state index is 9.35. The summed E-state index contributed by atoms with van der Waals surface area (Å²) in [6.07, 6.45) is 5.06.